The zero-order chi connectivity index (χ0) is 16.1. The van der Waals surface area contributed by atoms with Crippen LogP contribution < -0.4 is 5.32 Å². The highest BCUT2D eigenvalue weighted by Gasteiger charge is 2.17. The number of nitrogens with zero attached hydrogens (tertiary/aromatic N) is 1. The average Bonchev–Trinajstić information content (AvgIpc) is 3.02. The molecule has 22 heavy (non-hydrogen) atoms. The zero-order valence-electron chi connectivity index (χ0n) is 12.2. The van der Waals surface area contributed by atoms with Crippen molar-refractivity contribution in [3.8, 4) is 0 Å². The Morgan fingerprint density at radius 2 is 2.23 bits per heavy atom. The maximum atomic E-state index is 12.1. The third-order valence-electron chi connectivity index (χ3n) is 3.32. The maximum Gasteiger partial charge on any atom is 0.273 e. The summed E-state index contributed by atoms with van der Waals surface area (Å²) in [6.07, 6.45) is -0.240. The van der Waals surface area contributed by atoms with Crippen molar-refractivity contribution < 1.29 is 14.5 Å². The largest absolute Gasteiger partial charge is 0.375 e. The van der Waals surface area contributed by atoms with Crippen molar-refractivity contribution in [1.82, 2.24) is 5.32 Å². The minimum Gasteiger partial charge on any atom is -0.375 e. The average molecular weight is 320 g/mol. The number of rotatable bonds is 6. The fraction of sp³-hybridized carbons (Fsp3) is 0.267. The predicted octanol–water partition coefficient (Wildman–Crippen LogP) is 3.08. The van der Waals surface area contributed by atoms with Crippen molar-refractivity contribution in [3.63, 3.8) is 0 Å². The van der Waals surface area contributed by atoms with Crippen LogP contribution in [0.4, 0.5) is 5.69 Å². The molecule has 7 heteroatoms. The number of nitro groups is 1. The molecule has 1 aromatic carbocycles. The highest BCUT2D eigenvalue weighted by atomic mass is 32.1. The van der Waals surface area contributed by atoms with Crippen molar-refractivity contribution in [3.05, 3.63) is 61.8 Å². The van der Waals surface area contributed by atoms with Crippen molar-refractivity contribution in [2.75, 3.05) is 13.7 Å². The molecule has 1 unspecified atom stereocenters. The molecule has 0 aliphatic rings. The molecule has 1 N–H and O–H groups in total. The van der Waals surface area contributed by atoms with Gasteiger partial charge in [-0.3, -0.25) is 14.9 Å². The number of carbonyl (C=O) groups is 1. The second-order valence-corrected chi connectivity index (χ2v) is 5.53. The highest BCUT2D eigenvalue weighted by molar-refractivity contribution is 7.07. The highest BCUT2D eigenvalue weighted by Crippen LogP contribution is 2.20. The fourth-order valence-electron chi connectivity index (χ4n) is 2.03. The van der Waals surface area contributed by atoms with Crippen LogP contribution in [0.15, 0.2) is 35.0 Å². The molecule has 1 amide bonds. The molecule has 0 aliphatic carbocycles. The van der Waals surface area contributed by atoms with Crippen molar-refractivity contribution in [1.29, 1.82) is 0 Å². The van der Waals surface area contributed by atoms with E-state index in [1.54, 1.807) is 37.5 Å². The number of nitrogens with one attached hydrogen (secondary N) is 1. The summed E-state index contributed by atoms with van der Waals surface area (Å²) in [6.45, 7) is 1.94. The van der Waals surface area contributed by atoms with Gasteiger partial charge in [0, 0.05) is 30.8 Å². The zero-order valence-corrected chi connectivity index (χ0v) is 13.1. The number of nitro benzene ring substituents is 1. The second kappa shape index (κ2) is 7.15. The minimum atomic E-state index is -0.491. The summed E-state index contributed by atoms with van der Waals surface area (Å²) in [4.78, 5) is 22.6. The molecule has 0 saturated heterocycles. The first-order valence-corrected chi connectivity index (χ1v) is 7.55. The van der Waals surface area contributed by atoms with Crippen LogP contribution in [0.25, 0.3) is 0 Å². The molecule has 0 fully saturated rings. The standard InChI is InChI=1S/C15H16N2O4S/c1-10-3-4-11(7-13(10)17(19)20)15(18)16-8-14(21-2)12-5-6-22-9-12/h3-7,9,14H,8H2,1-2H3,(H,16,18). The summed E-state index contributed by atoms with van der Waals surface area (Å²) in [5, 5.41) is 17.6. The van der Waals surface area contributed by atoms with Gasteiger partial charge < -0.3 is 10.1 Å². The molecule has 1 atom stereocenters. The Bertz CT molecular complexity index is 670. The van der Waals surface area contributed by atoms with E-state index in [0.29, 0.717) is 12.1 Å². The minimum absolute atomic E-state index is 0.0613. The normalized spacial score (nSPS) is 11.9. The summed E-state index contributed by atoms with van der Waals surface area (Å²) < 4.78 is 5.35. The van der Waals surface area contributed by atoms with Crippen LogP contribution in [-0.4, -0.2) is 24.5 Å². The maximum absolute atomic E-state index is 12.1. The number of ether oxygens (including phenoxy) is 1. The smallest absolute Gasteiger partial charge is 0.273 e. The molecular weight excluding hydrogens is 304 g/mol. The SMILES string of the molecule is COC(CNC(=O)c1ccc(C)c([N+](=O)[O-])c1)c1ccsc1. The quantitative estimate of drug-likeness (QED) is 0.655. The second-order valence-electron chi connectivity index (χ2n) is 4.75. The van der Waals surface area contributed by atoms with Crippen molar-refractivity contribution in [2.45, 2.75) is 13.0 Å². The lowest BCUT2D eigenvalue weighted by Crippen LogP contribution is -2.29. The van der Waals surface area contributed by atoms with E-state index >= 15 is 0 Å². The van der Waals surface area contributed by atoms with E-state index in [4.69, 9.17) is 4.74 Å². The Morgan fingerprint density at radius 1 is 1.45 bits per heavy atom. The van der Waals surface area contributed by atoms with Crippen LogP contribution in [0, 0.1) is 17.0 Å². The Labute approximate surface area is 131 Å². The van der Waals surface area contributed by atoms with Crippen LogP contribution in [0.3, 0.4) is 0 Å². The van der Waals surface area contributed by atoms with Gasteiger partial charge in [0.05, 0.1) is 4.92 Å². The lowest BCUT2D eigenvalue weighted by Gasteiger charge is -2.15. The first kappa shape index (κ1) is 16.1. The fourth-order valence-corrected chi connectivity index (χ4v) is 2.73. The van der Waals surface area contributed by atoms with Gasteiger partial charge >= 0.3 is 0 Å². The van der Waals surface area contributed by atoms with Gasteiger partial charge in [-0.25, -0.2) is 0 Å². The summed E-state index contributed by atoms with van der Waals surface area (Å²) >= 11 is 1.55. The van der Waals surface area contributed by atoms with Gasteiger partial charge in [-0.1, -0.05) is 6.07 Å². The molecule has 2 rings (SSSR count). The first-order valence-electron chi connectivity index (χ1n) is 6.61. The lowest BCUT2D eigenvalue weighted by molar-refractivity contribution is -0.385. The van der Waals surface area contributed by atoms with E-state index in [2.05, 4.69) is 5.32 Å². The molecule has 116 valence electrons. The van der Waals surface area contributed by atoms with Gasteiger partial charge in [0.2, 0.25) is 0 Å². The van der Waals surface area contributed by atoms with Gasteiger partial charge in [0.1, 0.15) is 6.10 Å². The summed E-state index contributed by atoms with van der Waals surface area (Å²) in [5.41, 5.74) is 1.71. The molecule has 2 aromatic rings. The summed E-state index contributed by atoms with van der Waals surface area (Å²) in [5.74, 6) is -0.361. The van der Waals surface area contributed by atoms with Gasteiger partial charge in [-0.2, -0.15) is 11.3 Å². The van der Waals surface area contributed by atoms with Crippen LogP contribution in [0.1, 0.15) is 27.6 Å². The topological polar surface area (TPSA) is 81.5 Å². The molecule has 0 aliphatic heterocycles. The van der Waals surface area contributed by atoms with Gasteiger partial charge in [-0.05, 0) is 35.4 Å². The summed E-state index contributed by atoms with van der Waals surface area (Å²) in [6, 6.07) is 6.36. The molecule has 1 heterocycles. The van der Waals surface area contributed by atoms with Crippen molar-refractivity contribution >= 4 is 22.9 Å². The molecule has 0 saturated carbocycles. The molecule has 0 bridgehead atoms. The van der Waals surface area contributed by atoms with Gasteiger partial charge in [0.25, 0.3) is 11.6 Å². The third kappa shape index (κ3) is 3.69. The first-order chi connectivity index (χ1) is 10.5. The number of thiophene rings is 1. The van der Waals surface area contributed by atoms with E-state index in [1.807, 2.05) is 16.8 Å². The number of aryl methyl sites for hydroxylation is 1. The van der Waals surface area contributed by atoms with E-state index in [0.717, 1.165) is 5.56 Å². The lowest BCUT2D eigenvalue weighted by atomic mass is 10.1. The van der Waals surface area contributed by atoms with E-state index in [-0.39, 0.29) is 23.3 Å². The molecule has 1 aromatic heterocycles. The van der Waals surface area contributed by atoms with Gasteiger partial charge in [0.15, 0.2) is 0 Å². The van der Waals surface area contributed by atoms with Crippen molar-refractivity contribution in [2.24, 2.45) is 0 Å². The number of hydrogen-bond acceptors (Lipinski definition) is 5. The van der Waals surface area contributed by atoms with Crippen LogP contribution in [0.2, 0.25) is 0 Å². The predicted molar refractivity (Wildman–Crippen MR) is 84.2 cm³/mol. The summed E-state index contributed by atoms with van der Waals surface area (Å²) in [7, 11) is 1.57. The Kier molecular flexibility index (Phi) is 5.24. The van der Waals surface area contributed by atoms with E-state index in [1.165, 1.54) is 6.07 Å². The van der Waals surface area contributed by atoms with Crippen LogP contribution in [-0.2, 0) is 4.74 Å². The number of methoxy groups -OCH3 is 1. The van der Waals surface area contributed by atoms with Gasteiger partial charge in [-0.15, -0.1) is 0 Å². The van der Waals surface area contributed by atoms with E-state index in [9.17, 15) is 14.9 Å². The molecular formula is C15H16N2O4S. The monoisotopic (exact) mass is 320 g/mol. The molecule has 0 spiro atoms. The van der Waals surface area contributed by atoms with E-state index < -0.39 is 4.92 Å². The van der Waals surface area contributed by atoms with Crippen LogP contribution >= 0.6 is 11.3 Å². The Hall–Kier alpha value is -2.25. The Balaban J connectivity index is 2.06. The molecule has 0 radical (unpaired) electrons. The number of benzene rings is 1. The number of amides is 1. The van der Waals surface area contributed by atoms with Crippen LogP contribution in [0.5, 0.6) is 0 Å². The third-order valence-corrected chi connectivity index (χ3v) is 4.02. The number of carbonyl (C=O) groups excluding carboxylic acids is 1. The molecule has 6 nitrogen and oxygen atoms in total. The number of hydrogen-bond donors (Lipinski definition) is 1. The Morgan fingerprint density at radius 3 is 2.82 bits per heavy atom.